The molecule has 4 aromatic rings. The molecule has 0 saturated carbocycles. The molecule has 3 aromatic carbocycles. The second kappa shape index (κ2) is 15.4. The average Bonchev–Trinajstić information content (AvgIpc) is 3.53. The minimum atomic E-state index is -0.816. The molecule has 0 radical (unpaired) electrons. The number of carbonyl (C=O) groups is 2. The number of rotatable bonds is 14. The second-order valence-corrected chi connectivity index (χ2v) is 12.2. The zero-order chi connectivity index (χ0) is 31.5. The molecule has 7 nitrogen and oxygen atoms in total. The SMILES string of the molecule is CCCCCCCOc1ccc(-c2cnc(-c3ccc(C[C@H](NC(=O)c4ccc(C(C)(C)C)cc4)C(=O)OC)cc3)[nH]2)cc1. The van der Waals surface area contributed by atoms with Crippen LogP contribution in [0.2, 0.25) is 0 Å². The molecule has 1 amide bonds. The molecule has 1 aromatic heterocycles. The van der Waals surface area contributed by atoms with Crippen LogP contribution in [-0.4, -0.2) is 41.6 Å². The van der Waals surface area contributed by atoms with Crippen molar-refractivity contribution in [3.8, 4) is 28.4 Å². The van der Waals surface area contributed by atoms with Crippen molar-refractivity contribution in [3.05, 3.63) is 95.7 Å². The zero-order valence-corrected chi connectivity index (χ0v) is 26.6. The lowest BCUT2D eigenvalue weighted by Gasteiger charge is -2.20. The maximum Gasteiger partial charge on any atom is 0.328 e. The number of H-pyrrole nitrogens is 1. The Morgan fingerprint density at radius 2 is 1.52 bits per heavy atom. The van der Waals surface area contributed by atoms with Crippen molar-refractivity contribution in [1.29, 1.82) is 0 Å². The molecule has 0 unspecified atom stereocenters. The van der Waals surface area contributed by atoms with Crippen molar-refractivity contribution in [2.45, 2.75) is 77.7 Å². The molecule has 0 aliphatic heterocycles. The van der Waals surface area contributed by atoms with Gasteiger partial charge in [0.15, 0.2) is 0 Å². The number of ether oxygens (including phenoxy) is 2. The van der Waals surface area contributed by atoms with Crippen molar-refractivity contribution in [1.82, 2.24) is 15.3 Å². The van der Waals surface area contributed by atoms with E-state index < -0.39 is 12.0 Å². The van der Waals surface area contributed by atoms with Gasteiger partial charge in [-0.05, 0) is 64.9 Å². The summed E-state index contributed by atoms with van der Waals surface area (Å²) < 4.78 is 10.9. The van der Waals surface area contributed by atoms with Gasteiger partial charge >= 0.3 is 5.97 Å². The Kier molecular flexibility index (Phi) is 11.4. The standard InChI is InChI=1S/C37H45N3O4/c1-6-7-8-9-10-23-44-31-21-17-27(18-22-31)33-25-38-34(39-33)28-13-11-26(12-14-28)24-32(36(42)43-5)40-35(41)29-15-19-30(20-16-29)37(2,3)4/h11-22,25,32H,6-10,23-24H2,1-5H3,(H,38,39)(H,40,41)/t32-/m0/s1. The summed E-state index contributed by atoms with van der Waals surface area (Å²) in [4.78, 5) is 33.5. The number of benzene rings is 3. The van der Waals surface area contributed by atoms with Crippen LogP contribution < -0.4 is 10.1 Å². The van der Waals surface area contributed by atoms with Crippen LogP contribution in [0.4, 0.5) is 0 Å². The van der Waals surface area contributed by atoms with Crippen LogP contribution in [0.5, 0.6) is 5.75 Å². The lowest BCUT2D eigenvalue weighted by atomic mass is 9.86. The van der Waals surface area contributed by atoms with Crippen molar-refractivity contribution >= 4 is 11.9 Å². The number of imidazole rings is 1. The van der Waals surface area contributed by atoms with Gasteiger partial charge in [0.25, 0.3) is 5.91 Å². The smallest absolute Gasteiger partial charge is 0.328 e. The Morgan fingerprint density at radius 1 is 0.864 bits per heavy atom. The van der Waals surface area contributed by atoms with E-state index in [0.29, 0.717) is 12.0 Å². The number of esters is 1. The molecule has 7 heteroatoms. The highest BCUT2D eigenvalue weighted by Gasteiger charge is 2.23. The highest BCUT2D eigenvalue weighted by molar-refractivity contribution is 5.96. The summed E-state index contributed by atoms with van der Waals surface area (Å²) in [7, 11) is 1.33. The van der Waals surface area contributed by atoms with Gasteiger partial charge < -0.3 is 19.8 Å². The molecule has 1 atom stereocenters. The first-order valence-electron chi connectivity index (χ1n) is 15.5. The topological polar surface area (TPSA) is 93.3 Å². The molecule has 0 aliphatic carbocycles. The number of nitrogens with one attached hydrogen (secondary N) is 2. The first-order valence-corrected chi connectivity index (χ1v) is 15.5. The summed E-state index contributed by atoms with van der Waals surface area (Å²) in [6.07, 6.45) is 8.21. The van der Waals surface area contributed by atoms with Crippen molar-refractivity contribution in [3.63, 3.8) is 0 Å². The van der Waals surface area contributed by atoms with Crippen molar-refractivity contribution in [2.24, 2.45) is 0 Å². The van der Waals surface area contributed by atoms with E-state index in [9.17, 15) is 9.59 Å². The molecule has 0 spiro atoms. The Labute approximate surface area is 261 Å². The van der Waals surface area contributed by atoms with E-state index in [2.05, 4.69) is 43.0 Å². The van der Waals surface area contributed by atoms with Crippen LogP contribution >= 0.6 is 0 Å². The number of hydrogen-bond donors (Lipinski definition) is 2. The van der Waals surface area contributed by atoms with Crippen LogP contribution in [0.1, 0.15) is 81.3 Å². The molecular weight excluding hydrogens is 550 g/mol. The van der Waals surface area contributed by atoms with Gasteiger partial charge in [0.05, 0.1) is 25.6 Å². The van der Waals surface area contributed by atoms with Crippen LogP contribution in [0.3, 0.4) is 0 Å². The van der Waals surface area contributed by atoms with Gasteiger partial charge in [0.1, 0.15) is 17.6 Å². The summed E-state index contributed by atoms with van der Waals surface area (Å²) in [5, 5.41) is 2.84. The number of hydrogen-bond acceptors (Lipinski definition) is 5. The molecule has 232 valence electrons. The van der Waals surface area contributed by atoms with Gasteiger partial charge in [-0.25, -0.2) is 9.78 Å². The Bertz CT molecular complexity index is 1480. The Hall–Kier alpha value is -4.39. The average molecular weight is 596 g/mol. The van der Waals surface area contributed by atoms with Gasteiger partial charge in [-0.2, -0.15) is 0 Å². The number of carbonyl (C=O) groups excluding carboxylic acids is 2. The molecule has 0 saturated heterocycles. The number of amides is 1. The number of aromatic nitrogens is 2. The summed E-state index contributed by atoms with van der Waals surface area (Å²) >= 11 is 0. The minimum Gasteiger partial charge on any atom is -0.494 e. The van der Waals surface area contributed by atoms with Crippen LogP contribution in [0, 0.1) is 0 Å². The van der Waals surface area contributed by atoms with E-state index in [-0.39, 0.29) is 11.3 Å². The maximum atomic E-state index is 13.0. The van der Waals surface area contributed by atoms with Crippen LogP contribution in [0.15, 0.2) is 79.0 Å². The number of nitrogens with zero attached hydrogens (tertiary/aromatic N) is 1. The Morgan fingerprint density at radius 3 is 2.16 bits per heavy atom. The van der Waals surface area contributed by atoms with E-state index in [1.165, 1.54) is 32.8 Å². The van der Waals surface area contributed by atoms with Crippen molar-refractivity contribution in [2.75, 3.05) is 13.7 Å². The third-order valence-corrected chi connectivity index (χ3v) is 7.73. The van der Waals surface area contributed by atoms with Gasteiger partial charge in [0.2, 0.25) is 0 Å². The molecule has 4 rings (SSSR count). The molecule has 2 N–H and O–H groups in total. The predicted molar refractivity (Wildman–Crippen MR) is 176 cm³/mol. The summed E-state index contributed by atoms with van der Waals surface area (Å²) in [6.45, 7) is 9.33. The molecular formula is C37H45N3O4. The van der Waals surface area contributed by atoms with E-state index in [1.807, 2.05) is 66.9 Å². The number of aromatic amines is 1. The van der Waals surface area contributed by atoms with Gasteiger partial charge in [-0.3, -0.25) is 4.79 Å². The largest absolute Gasteiger partial charge is 0.494 e. The highest BCUT2D eigenvalue weighted by Crippen LogP contribution is 2.25. The highest BCUT2D eigenvalue weighted by atomic mass is 16.5. The lowest BCUT2D eigenvalue weighted by molar-refractivity contribution is -0.142. The summed E-state index contributed by atoms with van der Waals surface area (Å²) in [6, 6.07) is 22.5. The van der Waals surface area contributed by atoms with Crippen molar-refractivity contribution < 1.29 is 19.1 Å². The van der Waals surface area contributed by atoms with Crippen LogP contribution in [0.25, 0.3) is 22.6 Å². The zero-order valence-electron chi connectivity index (χ0n) is 26.6. The first kappa shape index (κ1) is 32.5. The second-order valence-electron chi connectivity index (χ2n) is 12.2. The predicted octanol–water partition coefficient (Wildman–Crippen LogP) is 7.90. The van der Waals surface area contributed by atoms with Gasteiger partial charge in [0, 0.05) is 17.5 Å². The quantitative estimate of drug-likeness (QED) is 0.114. The fourth-order valence-corrected chi connectivity index (χ4v) is 4.97. The van der Waals surface area contributed by atoms with Gasteiger partial charge in [-0.15, -0.1) is 0 Å². The minimum absolute atomic E-state index is 0.0132. The first-order chi connectivity index (χ1) is 21.2. The van der Waals surface area contributed by atoms with E-state index >= 15 is 0 Å². The lowest BCUT2D eigenvalue weighted by Crippen LogP contribution is -2.43. The fourth-order valence-electron chi connectivity index (χ4n) is 4.97. The third kappa shape index (κ3) is 9.06. The molecule has 0 aliphatic rings. The maximum absolute atomic E-state index is 13.0. The van der Waals surface area contributed by atoms with Crippen LogP contribution in [-0.2, 0) is 21.4 Å². The third-order valence-electron chi connectivity index (χ3n) is 7.73. The molecule has 44 heavy (non-hydrogen) atoms. The fraction of sp³-hybridized carbons (Fsp3) is 0.378. The van der Waals surface area contributed by atoms with E-state index in [1.54, 1.807) is 12.1 Å². The monoisotopic (exact) mass is 595 g/mol. The molecule has 0 fully saturated rings. The summed E-state index contributed by atoms with van der Waals surface area (Å²) in [5.41, 5.74) is 5.37. The molecule has 1 heterocycles. The number of unbranched alkanes of at least 4 members (excludes halogenated alkanes) is 4. The normalized spacial score (nSPS) is 12.0. The summed E-state index contributed by atoms with van der Waals surface area (Å²) in [5.74, 6) is 0.811. The van der Waals surface area contributed by atoms with E-state index in [4.69, 9.17) is 9.47 Å². The Balaban J connectivity index is 1.35. The number of methoxy groups -OCH3 is 1. The molecule has 0 bridgehead atoms. The van der Waals surface area contributed by atoms with Gasteiger partial charge in [-0.1, -0.05) is 89.8 Å². The van der Waals surface area contributed by atoms with E-state index in [0.717, 1.165) is 52.5 Å².